The standard InChI is InChI=1S/C20H22F6O2S/c1-2-3-4-5-6-7-15-8-10-16(11-9-15)20(27)28-17-12-13-19(18(21)14-17)29(22,23,24,25)26/h8-14H,2-7H2,1H3. The minimum atomic E-state index is -10.2. The largest absolute Gasteiger partial charge is 0.423 e. The molecule has 2 aromatic carbocycles. The van der Waals surface area contributed by atoms with Crippen LogP contribution in [0.2, 0.25) is 0 Å². The molecule has 0 aliphatic heterocycles. The van der Waals surface area contributed by atoms with Crippen molar-refractivity contribution in [2.45, 2.75) is 50.3 Å². The third-order valence-electron chi connectivity index (χ3n) is 4.29. The minimum absolute atomic E-state index is 0.108. The zero-order valence-electron chi connectivity index (χ0n) is 15.8. The molecule has 0 aliphatic rings. The van der Waals surface area contributed by atoms with E-state index in [2.05, 4.69) is 6.92 Å². The number of benzene rings is 2. The number of ether oxygens (including phenoxy) is 1. The first-order valence-electron chi connectivity index (χ1n) is 9.15. The summed E-state index contributed by atoms with van der Waals surface area (Å²) in [4.78, 5) is 9.42. The van der Waals surface area contributed by atoms with Crippen LogP contribution in [0.3, 0.4) is 0 Å². The van der Waals surface area contributed by atoms with Crippen LogP contribution in [-0.4, -0.2) is 5.97 Å². The highest BCUT2D eigenvalue weighted by molar-refractivity contribution is 8.45. The highest BCUT2D eigenvalue weighted by Crippen LogP contribution is 3.02. The number of halogens is 6. The fourth-order valence-corrected chi connectivity index (χ4v) is 3.52. The number of aryl methyl sites for hydroxylation is 1. The quantitative estimate of drug-likeness (QED) is 0.170. The van der Waals surface area contributed by atoms with Crippen LogP contribution in [0.15, 0.2) is 47.4 Å². The zero-order valence-corrected chi connectivity index (χ0v) is 16.6. The van der Waals surface area contributed by atoms with Crippen LogP contribution in [0.25, 0.3) is 0 Å². The molecule has 9 heteroatoms. The third kappa shape index (κ3) is 6.99. The molecule has 0 saturated carbocycles. The maximum absolute atomic E-state index is 13.6. The molecular weight excluding hydrogens is 418 g/mol. The van der Waals surface area contributed by atoms with E-state index in [1.165, 1.54) is 18.6 Å². The summed E-state index contributed by atoms with van der Waals surface area (Å²) in [6.07, 6.45) is 6.48. The third-order valence-corrected chi connectivity index (χ3v) is 5.45. The second-order valence-electron chi connectivity index (χ2n) is 6.81. The molecule has 0 heterocycles. The summed E-state index contributed by atoms with van der Waals surface area (Å²) >= 11 is 0. The SMILES string of the molecule is CCCCCCCc1ccc(C(=O)Oc2ccc(S(F)(F)(F)(F)F)c(F)c2)cc1. The molecule has 29 heavy (non-hydrogen) atoms. The number of esters is 1. The van der Waals surface area contributed by atoms with Gasteiger partial charge < -0.3 is 4.74 Å². The molecule has 0 aromatic heterocycles. The van der Waals surface area contributed by atoms with Gasteiger partial charge in [-0.15, -0.1) is 0 Å². The average Bonchev–Trinajstić information content (AvgIpc) is 2.59. The molecule has 2 aromatic rings. The van der Waals surface area contributed by atoms with E-state index in [0.717, 1.165) is 37.7 Å². The van der Waals surface area contributed by atoms with Gasteiger partial charge in [-0.25, -0.2) is 9.18 Å². The van der Waals surface area contributed by atoms with Crippen LogP contribution in [0.1, 0.15) is 54.9 Å². The summed E-state index contributed by atoms with van der Waals surface area (Å²) in [5.74, 6) is -3.73. The lowest BCUT2D eigenvalue weighted by Gasteiger charge is -2.40. The van der Waals surface area contributed by atoms with Gasteiger partial charge in [0.2, 0.25) is 0 Å². The van der Waals surface area contributed by atoms with Crippen LogP contribution >= 0.6 is 10.2 Å². The summed E-state index contributed by atoms with van der Waals surface area (Å²) in [7, 11) is -10.2. The monoisotopic (exact) mass is 440 g/mol. The Labute approximate surface area is 165 Å². The molecule has 0 aliphatic carbocycles. The smallest absolute Gasteiger partial charge is 0.343 e. The number of carbonyl (C=O) groups is 1. The van der Waals surface area contributed by atoms with Gasteiger partial charge >= 0.3 is 16.2 Å². The van der Waals surface area contributed by atoms with Gasteiger partial charge in [0.15, 0.2) is 0 Å². The molecule has 0 fully saturated rings. The van der Waals surface area contributed by atoms with Gasteiger partial charge in [0.05, 0.1) is 5.56 Å². The van der Waals surface area contributed by atoms with E-state index in [0.29, 0.717) is 6.07 Å². The molecule has 0 amide bonds. The topological polar surface area (TPSA) is 26.3 Å². The lowest BCUT2D eigenvalue weighted by molar-refractivity contribution is 0.0734. The second-order valence-corrected chi connectivity index (χ2v) is 9.19. The fraction of sp³-hybridized carbons (Fsp3) is 0.350. The lowest BCUT2D eigenvalue weighted by atomic mass is 10.0. The van der Waals surface area contributed by atoms with Crippen molar-refractivity contribution in [3.8, 4) is 5.75 Å². The van der Waals surface area contributed by atoms with Gasteiger partial charge in [-0.05, 0) is 42.7 Å². The van der Waals surface area contributed by atoms with Crippen LogP contribution in [0.5, 0.6) is 5.75 Å². The predicted octanol–water partition coefficient (Wildman–Crippen LogP) is 8.22. The molecule has 0 spiro atoms. The molecule has 0 bridgehead atoms. The normalized spacial score (nSPS) is 14.2. The van der Waals surface area contributed by atoms with Crippen molar-refractivity contribution >= 4 is 16.2 Å². The Morgan fingerprint density at radius 3 is 2.07 bits per heavy atom. The van der Waals surface area contributed by atoms with E-state index < -0.39 is 32.7 Å². The Morgan fingerprint density at radius 1 is 0.897 bits per heavy atom. The van der Waals surface area contributed by atoms with Crippen molar-refractivity contribution in [3.05, 3.63) is 59.4 Å². The maximum atomic E-state index is 13.6. The van der Waals surface area contributed by atoms with Crippen LogP contribution < -0.4 is 4.74 Å². The zero-order chi connectivity index (χ0) is 21.8. The van der Waals surface area contributed by atoms with E-state index in [9.17, 15) is 28.6 Å². The molecule has 0 atom stereocenters. The first-order chi connectivity index (χ1) is 13.3. The number of unbranched alkanes of at least 4 members (excludes halogenated alkanes) is 4. The summed E-state index contributed by atoms with van der Waals surface area (Å²) < 4.78 is 81.9. The van der Waals surface area contributed by atoms with Gasteiger partial charge in [-0.2, -0.15) is 0 Å². The predicted molar refractivity (Wildman–Crippen MR) is 102 cm³/mol. The van der Waals surface area contributed by atoms with Crippen molar-refractivity contribution < 1.29 is 33.4 Å². The van der Waals surface area contributed by atoms with E-state index >= 15 is 0 Å². The van der Waals surface area contributed by atoms with Crippen molar-refractivity contribution in [2.24, 2.45) is 0 Å². The molecule has 0 radical (unpaired) electrons. The number of carbonyl (C=O) groups excluding carboxylic acids is 1. The van der Waals surface area contributed by atoms with E-state index in [1.807, 2.05) is 0 Å². The number of hydrogen-bond donors (Lipinski definition) is 0. The van der Waals surface area contributed by atoms with Crippen LogP contribution in [0, 0.1) is 5.82 Å². The summed E-state index contributed by atoms with van der Waals surface area (Å²) in [5, 5.41) is 0. The molecular formula is C20H22F6O2S. The molecule has 0 saturated heterocycles. The van der Waals surface area contributed by atoms with E-state index in [4.69, 9.17) is 4.74 Å². The summed E-state index contributed by atoms with van der Waals surface area (Å²) in [6.45, 7) is 2.13. The second kappa shape index (κ2) is 7.93. The van der Waals surface area contributed by atoms with Crippen molar-refractivity contribution in [1.29, 1.82) is 0 Å². The Morgan fingerprint density at radius 2 is 1.52 bits per heavy atom. The van der Waals surface area contributed by atoms with Crippen molar-refractivity contribution in [2.75, 3.05) is 0 Å². The van der Waals surface area contributed by atoms with Crippen molar-refractivity contribution in [1.82, 2.24) is 0 Å². The highest BCUT2D eigenvalue weighted by Gasteiger charge is 2.67. The first-order valence-corrected chi connectivity index (χ1v) is 11.1. The Kier molecular flexibility index (Phi) is 6.32. The van der Waals surface area contributed by atoms with E-state index in [1.54, 1.807) is 12.1 Å². The minimum Gasteiger partial charge on any atom is -0.423 e. The van der Waals surface area contributed by atoms with Gasteiger partial charge in [-0.3, -0.25) is 0 Å². The Hall–Kier alpha value is -2.16. The molecule has 162 valence electrons. The van der Waals surface area contributed by atoms with Gasteiger partial charge in [0.1, 0.15) is 16.5 Å². The first kappa shape index (κ1) is 23.1. The van der Waals surface area contributed by atoms with Gasteiger partial charge in [-0.1, -0.05) is 64.2 Å². The summed E-state index contributed by atoms with van der Waals surface area (Å²) in [5.41, 5.74) is 1.13. The Bertz CT molecular complexity index is 864. The average molecular weight is 440 g/mol. The molecule has 0 unspecified atom stereocenters. The van der Waals surface area contributed by atoms with Gasteiger partial charge in [0, 0.05) is 6.07 Å². The fourth-order valence-electron chi connectivity index (χ4n) is 2.76. The van der Waals surface area contributed by atoms with E-state index in [-0.39, 0.29) is 17.7 Å². The highest BCUT2D eigenvalue weighted by atomic mass is 32.5. The maximum Gasteiger partial charge on any atom is 0.343 e. The molecule has 2 nitrogen and oxygen atoms in total. The van der Waals surface area contributed by atoms with Crippen molar-refractivity contribution in [3.63, 3.8) is 0 Å². The lowest BCUT2D eigenvalue weighted by Crippen LogP contribution is -2.11. The number of hydrogen-bond acceptors (Lipinski definition) is 2. The van der Waals surface area contributed by atoms with Crippen LogP contribution in [-0.2, 0) is 6.42 Å². The molecule has 2 rings (SSSR count). The van der Waals surface area contributed by atoms with Gasteiger partial charge in [0.25, 0.3) is 0 Å². The number of rotatable bonds is 9. The Balaban J connectivity index is 2.01. The molecule has 0 N–H and O–H groups in total. The van der Waals surface area contributed by atoms with Crippen LogP contribution in [0.4, 0.5) is 23.8 Å². The summed E-state index contributed by atoms with van der Waals surface area (Å²) in [6, 6.07) is 6.92.